The molecular formula is C37H25NS. The SMILES string of the molecule is c1ccc(C2(c3ccccc3)c3ccccc3-c3ccc(Nc4ccc5c(c4)sc4ccccc45)cc32)cc1. The van der Waals surface area contributed by atoms with E-state index in [1.54, 1.807) is 0 Å². The van der Waals surface area contributed by atoms with Crippen molar-refractivity contribution in [2.75, 3.05) is 5.32 Å². The molecular weight excluding hydrogens is 490 g/mol. The van der Waals surface area contributed by atoms with Crippen molar-refractivity contribution in [2.45, 2.75) is 5.41 Å². The van der Waals surface area contributed by atoms with Crippen LogP contribution in [-0.4, -0.2) is 0 Å². The third kappa shape index (κ3) is 3.32. The molecule has 8 rings (SSSR count). The predicted molar refractivity (Wildman–Crippen MR) is 166 cm³/mol. The van der Waals surface area contributed by atoms with Crippen molar-refractivity contribution < 1.29 is 0 Å². The minimum Gasteiger partial charge on any atom is -0.355 e. The van der Waals surface area contributed by atoms with Gasteiger partial charge in [-0.15, -0.1) is 11.3 Å². The van der Waals surface area contributed by atoms with Crippen molar-refractivity contribution in [3.8, 4) is 11.1 Å². The summed E-state index contributed by atoms with van der Waals surface area (Å²) in [6, 6.07) is 53.1. The molecule has 1 N–H and O–H groups in total. The Bertz CT molecular complexity index is 1950. The highest BCUT2D eigenvalue weighted by molar-refractivity contribution is 7.25. The lowest BCUT2D eigenvalue weighted by atomic mass is 9.67. The van der Waals surface area contributed by atoms with Crippen LogP contribution in [0.25, 0.3) is 31.3 Å². The second-order valence-electron chi connectivity index (χ2n) is 10.2. The summed E-state index contributed by atoms with van der Waals surface area (Å²) in [6.45, 7) is 0. The van der Waals surface area contributed by atoms with E-state index >= 15 is 0 Å². The van der Waals surface area contributed by atoms with E-state index in [4.69, 9.17) is 0 Å². The summed E-state index contributed by atoms with van der Waals surface area (Å²) in [5.41, 5.74) is 9.63. The summed E-state index contributed by atoms with van der Waals surface area (Å²) in [7, 11) is 0. The molecule has 1 aliphatic carbocycles. The number of anilines is 2. The summed E-state index contributed by atoms with van der Waals surface area (Å²) in [5, 5.41) is 6.39. The molecule has 0 spiro atoms. The van der Waals surface area contributed by atoms with Gasteiger partial charge in [-0.1, -0.05) is 115 Å². The van der Waals surface area contributed by atoms with E-state index in [1.165, 1.54) is 53.6 Å². The van der Waals surface area contributed by atoms with Gasteiger partial charge < -0.3 is 5.32 Å². The van der Waals surface area contributed by atoms with Crippen LogP contribution in [0.4, 0.5) is 11.4 Å². The Morgan fingerprint density at radius 1 is 0.436 bits per heavy atom. The first-order chi connectivity index (χ1) is 19.3. The quantitative estimate of drug-likeness (QED) is 0.246. The second-order valence-corrected chi connectivity index (χ2v) is 11.3. The van der Waals surface area contributed by atoms with E-state index in [0.29, 0.717) is 0 Å². The van der Waals surface area contributed by atoms with Gasteiger partial charge in [0.25, 0.3) is 0 Å². The molecule has 0 amide bonds. The average Bonchev–Trinajstić information content (AvgIpc) is 3.51. The molecule has 1 heterocycles. The maximum Gasteiger partial charge on any atom is 0.0714 e. The molecule has 6 aromatic carbocycles. The van der Waals surface area contributed by atoms with Gasteiger partial charge >= 0.3 is 0 Å². The number of rotatable bonds is 4. The number of thiophene rings is 1. The van der Waals surface area contributed by atoms with Gasteiger partial charge in [0, 0.05) is 31.5 Å². The fourth-order valence-electron chi connectivity index (χ4n) is 6.49. The number of nitrogens with one attached hydrogen (secondary N) is 1. The molecule has 184 valence electrons. The zero-order valence-corrected chi connectivity index (χ0v) is 22.1. The average molecular weight is 516 g/mol. The van der Waals surface area contributed by atoms with E-state index < -0.39 is 0 Å². The number of hydrogen-bond donors (Lipinski definition) is 1. The molecule has 0 radical (unpaired) electrons. The Hall–Kier alpha value is -4.66. The minimum absolute atomic E-state index is 0.387. The van der Waals surface area contributed by atoms with E-state index in [2.05, 4.69) is 151 Å². The highest BCUT2D eigenvalue weighted by Gasteiger charge is 2.45. The molecule has 0 bridgehead atoms. The van der Waals surface area contributed by atoms with Gasteiger partial charge in [0.05, 0.1) is 5.41 Å². The Balaban J connectivity index is 1.31. The van der Waals surface area contributed by atoms with Gasteiger partial charge in [-0.25, -0.2) is 0 Å². The number of benzene rings is 6. The van der Waals surface area contributed by atoms with Crippen molar-refractivity contribution in [3.05, 3.63) is 168 Å². The first-order valence-corrected chi connectivity index (χ1v) is 14.2. The van der Waals surface area contributed by atoms with Gasteiger partial charge in [-0.3, -0.25) is 0 Å². The number of fused-ring (bicyclic) bond motifs is 6. The normalized spacial score (nSPS) is 13.3. The fourth-order valence-corrected chi connectivity index (χ4v) is 7.64. The van der Waals surface area contributed by atoms with Crippen LogP contribution < -0.4 is 5.32 Å². The fraction of sp³-hybridized carbons (Fsp3) is 0.0270. The van der Waals surface area contributed by atoms with Crippen molar-refractivity contribution in [1.82, 2.24) is 0 Å². The molecule has 0 aliphatic heterocycles. The molecule has 7 aromatic rings. The molecule has 0 saturated heterocycles. The first kappa shape index (κ1) is 22.3. The standard InChI is InChI=1S/C37H25NS/c1-3-11-25(12-4-1)37(26-13-5-2-6-14-26)33-17-9-7-15-29(33)30-21-19-27(23-34(30)37)38-28-20-22-32-31-16-8-10-18-35(31)39-36(32)24-28/h1-24,38H. The Morgan fingerprint density at radius 2 is 1.03 bits per heavy atom. The van der Waals surface area contributed by atoms with Crippen LogP contribution in [0.1, 0.15) is 22.3 Å². The smallest absolute Gasteiger partial charge is 0.0714 e. The third-order valence-corrected chi connectivity index (χ3v) is 9.26. The van der Waals surface area contributed by atoms with Gasteiger partial charge in [0.2, 0.25) is 0 Å². The maximum atomic E-state index is 3.74. The van der Waals surface area contributed by atoms with Crippen molar-refractivity contribution in [3.63, 3.8) is 0 Å². The lowest BCUT2D eigenvalue weighted by Crippen LogP contribution is -2.28. The molecule has 39 heavy (non-hydrogen) atoms. The molecule has 0 saturated carbocycles. The summed E-state index contributed by atoms with van der Waals surface area (Å²) in [5.74, 6) is 0. The molecule has 2 heteroatoms. The van der Waals surface area contributed by atoms with Gasteiger partial charge in [-0.05, 0) is 63.7 Å². The van der Waals surface area contributed by atoms with E-state index in [1.807, 2.05) is 11.3 Å². The highest BCUT2D eigenvalue weighted by Crippen LogP contribution is 2.56. The summed E-state index contributed by atoms with van der Waals surface area (Å²) in [4.78, 5) is 0. The molecule has 1 aliphatic rings. The van der Waals surface area contributed by atoms with Crippen LogP contribution in [-0.2, 0) is 5.41 Å². The maximum absolute atomic E-state index is 3.74. The van der Waals surface area contributed by atoms with Gasteiger partial charge in [0.15, 0.2) is 0 Å². The predicted octanol–water partition coefficient (Wildman–Crippen LogP) is 10.2. The van der Waals surface area contributed by atoms with E-state index in [0.717, 1.165) is 11.4 Å². The van der Waals surface area contributed by atoms with E-state index in [9.17, 15) is 0 Å². The van der Waals surface area contributed by atoms with Crippen LogP contribution >= 0.6 is 11.3 Å². The Morgan fingerprint density at radius 3 is 1.82 bits per heavy atom. The molecule has 1 aromatic heterocycles. The van der Waals surface area contributed by atoms with Crippen molar-refractivity contribution in [1.29, 1.82) is 0 Å². The first-order valence-electron chi connectivity index (χ1n) is 13.4. The largest absolute Gasteiger partial charge is 0.355 e. The van der Waals surface area contributed by atoms with Crippen LogP contribution in [0, 0.1) is 0 Å². The lowest BCUT2D eigenvalue weighted by Gasteiger charge is -2.34. The zero-order chi connectivity index (χ0) is 25.8. The molecule has 0 unspecified atom stereocenters. The minimum atomic E-state index is -0.387. The monoisotopic (exact) mass is 515 g/mol. The van der Waals surface area contributed by atoms with Gasteiger partial charge in [0.1, 0.15) is 0 Å². The topological polar surface area (TPSA) is 12.0 Å². The summed E-state index contributed by atoms with van der Waals surface area (Å²) in [6.07, 6.45) is 0. The highest BCUT2D eigenvalue weighted by atomic mass is 32.1. The Labute approximate surface area is 232 Å². The van der Waals surface area contributed by atoms with Crippen LogP contribution in [0.15, 0.2) is 146 Å². The molecule has 0 atom stereocenters. The van der Waals surface area contributed by atoms with Crippen molar-refractivity contribution >= 4 is 42.9 Å². The number of hydrogen-bond acceptors (Lipinski definition) is 2. The zero-order valence-electron chi connectivity index (χ0n) is 21.3. The molecule has 0 fully saturated rings. The van der Waals surface area contributed by atoms with Crippen molar-refractivity contribution in [2.24, 2.45) is 0 Å². The van der Waals surface area contributed by atoms with Crippen LogP contribution in [0.3, 0.4) is 0 Å². The second kappa shape index (κ2) is 8.69. The van der Waals surface area contributed by atoms with Crippen LogP contribution in [0.2, 0.25) is 0 Å². The summed E-state index contributed by atoms with van der Waals surface area (Å²) >= 11 is 1.85. The molecule has 1 nitrogen and oxygen atoms in total. The van der Waals surface area contributed by atoms with Crippen LogP contribution in [0.5, 0.6) is 0 Å². The van der Waals surface area contributed by atoms with E-state index in [-0.39, 0.29) is 5.41 Å². The van der Waals surface area contributed by atoms with Gasteiger partial charge in [-0.2, -0.15) is 0 Å². The lowest BCUT2D eigenvalue weighted by molar-refractivity contribution is 0.769. The summed E-state index contributed by atoms with van der Waals surface area (Å²) < 4.78 is 2.63. The third-order valence-electron chi connectivity index (χ3n) is 8.13. The Kier molecular flexibility index (Phi) is 4.98.